The SMILES string of the molecule is C[C@H](C(=O)N1CCN(c2ccc(F)cc2)CC1)n1cnc2ccccc2c1=O. The van der Waals surface area contributed by atoms with Crippen molar-refractivity contribution >= 4 is 22.5 Å². The first kappa shape index (κ1) is 18.2. The van der Waals surface area contributed by atoms with Crippen LogP contribution >= 0.6 is 0 Å². The van der Waals surface area contributed by atoms with E-state index in [-0.39, 0.29) is 17.3 Å². The number of halogens is 1. The van der Waals surface area contributed by atoms with Gasteiger partial charge in [0.2, 0.25) is 5.91 Å². The van der Waals surface area contributed by atoms with Crippen molar-refractivity contribution < 1.29 is 9.18 Å². The largest absolute Gasteiger partial charge is 0.368 e. The molecule has 1 fully saturated rings. The molecular formula is C21H21FN4O2. The molecular weight excluding hydrogens is 359 g/mol. The Morgan fingerprint density at radius 2 is 1.71 bits per heavy atom. The Hall–Kier alpha value is -3.22. The fourth-order valence-corrected chi connectivity index (χ4v) is 3.58. The number of aromatic nitrogens is 2. The zero-order valence-electron chi connectivity index (χ0n) is 15.6. The lowest BCUT2D eigenvalue weighted by Gasteiger charge is -2.37. The van der Waals surface area contributed by atoms with Crippen LogP contribution in [0.2, 0.25) is 0 Å². The number of piperazine rings is 1. The van der Waals surface area contributed by atoms with Gasteiger partial charge in [0.15, 0.2) is 0 Å². The Kier molecular flexibility index (Phi) is 4.81. The number of anilines is 1. The molecule has 0 radical (unpaired) electrons. The molecule has 2 heterocycles. The summed E-state index contributed by atoms with van der Waals surface area (Å²) in [6.45, 7) is 4.16. The van der Waals surface area contributed by atoms with Gasteiger partial charge in [-0.1, -0.05) is 12.1 Å². The van der Waals surface area contributed by atoms with Crippen molar-refractivity contribution in [3.63, 3.8) is 0 Å². The first-order valence-electron chi connectivity index (χ1n) is 9.30. The summed E-state index contributed by atoms with van der Waals surface area (Å²) in [4.78, 5) is 33.9. The van der Waals surface area contributed by atoms with Crippen LogP contribution in [0.4, 0.5) is 10.1 Å². The average molecular weight is 380 g/mol. The second-order valence-corrected chi connectivity index (χ2v) is 6.94. The highest BCUT2D eigenvalue weighted by Gasteiger charge is 2.27. The molecule has 4 rings (SSSR count). The van der Waals surface area contributed by atoms with E-state index in [0.29, 0.717) is 37.1 Å². The molecule has 0 unspecified atom stereocenters. The minimum atomic E-state index is -0.623. The van der Waals surface area contributed by atoms with E-state index in [4.69, 9.17) is 0 Å². The van der Waals surface area contributed by atoms with Crippen molar-refractivity contribution in [2.24, 2.45) is 0 Å². The van der Waals surface area contributed by atoms with Crippen LogP contribution in [-0.2, 0) is 4.79 Å². The van der Waals surface area contributed by atoms with Gasteiger partial charge in [-0.2, -0.15) is 0 Å². The molecule has 144 valence electrons. The van der Waals surface area contributed by atoms with Crippen LogP contribution in [0.15, 0.2) is 59.7 Å². The smallest absolute Gasteiger partial charge is 0.261 e. The number of para-hydroxylation sites is 1. The quantitative estimate of drug-likeness (QED) is 0.700. The van der Waals surface area contributed by atoms with Crippen LogP contribution in [0.5, 0.6) is 0 Å². The monoisotopic (exact) mass is 380 g/mol. The third-order valence-corrected chi connectivity index (χ3v) is 5.25. The highest BCUT2D eigenvalue weighted by atomic mass is 19.1. The van der Waals surface area contributed by atoms with Crippen LogP contribution in [-0.4, -0.2) is 46.5 Å². The van der Waals surface area contributed by atoms with Crippen molar-refractivity contribution in [3.8, 4) is 0 Å². The topological polar surface area (TPSA) is 58.4 Å². The Labute approximate surface area is 161 Å². The first-order chi connectivity index (χ1) is 13.5. The van der Waals surface area contributed by atoms with Crippen molar-refractivity contribution in [1.29, 1.82) is 0 Å². The third-order valence-electron chi connectivity index (χ3n) is 5.25. The van der Waals surface area contributed by atoms with Crippen molar-refractivity contribution in [1.82, 2.24) is 14.5 Å². The number of hydrogen-bond acceptors (Lipinski definition) is 4. The van der Waals surface area contributed by atoms with Crippen LogP contribution in [0, 0.1) is 5.82 Å². The molecule has 2 aromatic carbocycles. The lowest BCUT2D eigenvalue weighted by atomic mass is 10.2. The maximum atomic E-state index is 13.1. The molecule has 1 aliphatic heterocycles. The van der Waals surface area contributed by atoms with Crippen LogP contribution in [0.3, 0.4) is 0 Å². The second-order valence-electron chi connectivity index (χ2n) is 6.94. The number of amides is 1. The molecule has 0 saturated carbocycles. The molecule has 0 bridgehead atoms. The number of benzene rings is 2. The van der Waals surface area contributed by atoms with Crippen molar-refractivity contribution in [2.75, 3.05) is 31.1 Å². The molecule has 28 heavy (non-hydrogen) atoms. The first-order valence-corrected chi connectivity index (χ1v) is 9.30. The van der Waals surface area contributed by atoms with E-state index >= 15 is 0 Å². The number of nitrogens with zero attached hydrogens (tertiary/aromatic N) is 4. The Bertz CT molecular complexity index is 1060. The fourth-order valence-electron chi connectivity index (χ4n) is 3.58. The van der Waals surface area contributed by atoms with E-state index < -0.39 is 6.04 Å². The zero-order valence-corrected chi connectivity index (χ0v) is 15.6. The van der Waals surface area contributed by atoms with Crippen molar-refractivity contribution in [3.05, 3.63) is 71.0 Å². The molecule has 1 saturated heterocycles. The van der Waals surface area contributed by atoms with E-state index in [0.717, 1.165) is 5.69 Å². The van der Waals surface area contributed by atoms with Crippen LogP contribution < -0.4 is 10.5 Å². The van der Waals surface area contributed by atoms with Crippen LogP contribution in [0.25, 0.3) is 10.9 Å². The summed E-state index contributed by atoms with van der Waals surface area (Å²) >= 11 is 0. The van der Waals surface area contributed by atoms with Gasteiger partial charge in [0.05, 0.1) is 17.2 Å². The zero-order chi connectivity index (χ0) is 19.7. The Morgan fingerprint density at radius 3 is 2.43 bits per heavy atom. The molecule has 0 spiro atoms. The van der Waals surface area contributed by atoms with Gasteiger partial charge in [0.1, 0.15) is 11.9 Å². The van der Waals surface area contributed by atoms with Gasteiger partial charge >= 0.3 is 0 Å². The summed E-state index contributed by atoms with van der Waals surface area (Å²) in [5.41, 5.74) is 1.35. The van der Waals surface area contributed by atoms with E-state index in [1.54, 1.807) is 42.2 Å². The molecule has 1 aromatic heterocycles. The van der Waals surface area contributed by atoms with Gasteiger partial charge in [-0.3, -0.25) is 14.2 Å². The lowest BCUT2D eigenvalue weighted by molar-refractivity contribution is -0.134. The van der Waals surface area contributed by atoms with Crippen LogP contribution in [0.1, 0.15) is 13.0 Å². The maximum Gasteiger partial charge on any atom is 0.261 e. The number of hydrogen-bond donors (Lipinski definition) is 0. The summed E-state index contributed by atoms with van der Waals surface area (Å²) in [6.07, 6.45) is 1.45. The third kappa shape index (κ3) is 3.35. The number of carbonyl (C=O) groups is 1. The minimum absolute atomic E-state index is 0.0991. The summed E-state index contributed by atoms with van der Waals surface area (Å²) in [5, 5.41) is 0.505. The minimum Gasteiger partial charge on any atom is -0.368 e. The molecule has 6 nitrogen and oxygen atoms in total. The standard InChI is InChI=1S/C21H21FN4O2/c1-15(26-14-23-19-5-3-2-4-18(19)21(26)28)20(27)25-12-10-24(11-13-25)17-8-6-16(22)7-9-17/h2-9,14-15H,10-13H2,1H3/t15-/m1/s1. The molecule has 0 N–H and O–H groups in total. The van der Waals surface area contributed by atoms with Gasteiger partial charge in [-0.15, -0.1) is 0 Å². The van der Waals surface area contributed by atoms with Gasteiger partial charge in [0, 0.05) is 31.9 Å². The van der Waals surface area contributed by atoms with Gasteiger partial charge in [-0.25, -0.2) is 9.37 Å². The van der Waals surface area contributed by atoms with Gasteiger partial charge in [-0.05, 0) is 43.3 Å². The fraction of sp³-hybridized carbons (Fsp3) is 0.286. The predicted octanol–water partition coefficient (Wildman–Crippen LogP) is 2.45. The summed E-state index contributed by atoms with van der Waals surface area (Å²) in [7, 11) is 0. The summed E-state index contributed by atoms with van der Waals surface area (Å²) < 4.78 is 14.5. The number of fused-ring (bicyclic) bond motifs is 1. The summed E-state index contributed by atoms with van der Waals surface area (Å²) in [6, 6.07) is 12.9. The van der Waals surface area contributed by atoms with E-state index in [9.17, 15) is 14.0 Å². The lowest BCUT2D eigenvalue weighted by Crippen LogP contribution is -2.51. The molecule has 7 heteroatoms. The van der Waals surface area contributed by atoms with E-state index in [2.05, 4.69) is 9.88 Å². The maximum absolute atomic E-state index is 13.1. The van der Waals surface area contributed by atoms with Gasteiger partial charge in [0.25, 0.3) is 5.56 Å². The molecule has 0 aliphatic carbocycles. The van der Waals surface area contributed by atoms with E-state index in [1.165, 1.54) is 23.0 Å². The second kappa shape index (κ2) is 7.42. The Morgan fingerprint density at radius 1 is 1.04 bits per heavy atom. The highest BCUT2D eigenvalue weighted by Crippen LogP contribution is 2.18. The van der Waals surface area contributed by atoms with Gasteiger partial charge < -0.3 is 9.80 Å². The average Bonchev–Trinajstić information content (AvgIpc) is 2.74. The van der Waals surface area contributed by atoms with Crippen molar-refractivity contribution in [2.45, 2.75) is 13.0 Å². The molecule has 1 amide bonds. The Balaban J connectivity index is 1.47. The predicted molar refractivity (Wildman–Crippen MR) is 106 cm³/mol. The molecule has 1 aliphatic rings. The molecule has 3 aromatic rings. The van der Waals surface area contributed by atoms with E-state index in [1.807, 2.05) is 6.07 Å². The molecule has 1 atom stereocenters. The summed E-state index contributed by atoms with van der Waals surface area (Å²) in [5.74, 6) is -0.362. The highest BCUT2D eigenvalue weighted by molar-refractivity contribution is 5.81. The normalized spacial score (nSPS) is 15.6. The number of carbonyl (C=O) groups excluding carboxylic acids is 1. The number of rotatable bonds is 3.